The van der Waals surface area contributed by atoms with Crippen molar-refractivity contribution in [2.45, 2.75) is 33.1 Å². The fourth-order valence-electron chi connectivity index (χ4n) is 3.46. The number of hydrogen-bond acceptors (Lipinski definition) is 8. The summed E-state index contributed by atoms with van der Waals surface area (Å²) in [5.41, 5.74) is 4.04. The van der Waals surface area contributed by atoms with Crippen LogP contribution in [0.25, 0.3) is 11.4 Å². The highest BCUT2D eigenvalue weighted by Gasteiger charge is 2.16. The van der Waals surface area contributed by atoms with Gasteiger partial charge in [0.25, 0.3) is 0 Å². The summed E-state index contributed by atoms with van der Waals surface area (Å²) in [4.78, 5) is 22.4. The fraction of sp³-hybridized carbons (Fsp3) is 0.250. The first-order valence-electron chi connectivity index (χ1n) is 10.6. The van der Waals surface area contributed by atoms with E-state index in [9.17, 15) is 4.79 Å². The molecule has 1 aliphatic rings. The molecule has 0 spiro atoms. The van der Waals surface area contributed by atoms with Gasteiger partial charge in [-0.3, -0.25) is 4.79 Å². The van der Waals surface area contributed by atoms with Gasteiger partial charge in [-0.2, -0.15) is 4.98 Å². The molecule has 0 unspecified atom stereocenters. The molecule has 0 radical (unpaired) electrons. The Hall–Kier alpha value is -3.72. The largest absolute Gasteiger partial charge is 0.454 e. The molecule has 33 heavy (non-hydrogen) atoms. The number of nitrogens with zero attached hydrogens (tertiary/aromatic N) is 3. The monoisotopic (exact) mass is 462 g/mol. The predicted octanol–water partition coefficient (Wildman–Crippen LogP) is 4.70. The van der Waals surface area contributed by atoms with Crippen LogP contribution in [0.3, 0.4) is 0 Å². The second-order valence-electron chi connectivity index (χ2n) is 7.82. The average Bonchev–Trinajstić information content (AvgIpc) is 3.53. The van der Waals surface area contributed by atoms with Gasteiger partial charge in [-0.15, -0.1) is 11.3 Å². The highest BCUT2D eigenvalue weighted by molar-refractivity contribution is 7.15. The van der Waals surface area contributed by atoms with Gasteiger partial charge in [-0.05, 0) is 31.5 Å². The first-order chi connectivity index (χ1) is 16.0. The van der Waals surface area contributed by atoms with Gasteiger partial charge in [0.15, 0.2) is 16.6 Å². The van der Waals surface area contributed by atoms with E-state index in [1.54, 1.807) is 0 Å². The van der Waals surface area contributed by atoms with Gasteiger partial charge < -0.3 is 19.3 Å². The van der Waals surface area contributed by atoms with Gasteiger partial charge in [-0.1, -0.05) is 41.1 Å². The van der Waals surface area contributed by atoms with E-state index in [0.717, 1.165) is 38.8 Å². The zero-order valence-electron chi connectivity index (χ0n) is 18.3. The van der Waals surface area contributed by atoms with E-state index in [4.69, 9.17) is 14.0 Å². The molecule has 0 bridgehead atoms. The number of carbonyl (C=O) groups is 1. The van der Waals surface area contributed by atoms with Crippen molar-refractivity contribution in [3.05, 3.63) is 70.1 Å². The number of carbonyl (C=O) groups excluding carboxylic acids is 1. The minimum Gasteiger partial charge on any atom is -0.454 e. The van der Waals surface area contributed by atoms with Crippen LogP contribution in [0.5, 0.6) is 11.5 Å². The van der Waals surface area contributed by atoms with E-state index >= 15 is 0 Å². The third-order valence-electron chi connectivity index (χ3n) is 5.28. The van der Waals surface area contributed by atoms with Gasteiger partial charge in [0, 0.05) is 29.7 Å². The molecule has 168 valence electrons. The van der Waals surface area contributed by atoms with Crippen LogP contribution in [-0.4, -0.2) is 27.8 Å². The van der Waals surface area contributed by atoms with Crippen LogP contribution < -0.4 is 14.8 Å². The zero-order chi connectivity index (χ0) is 22.8. The Kier molecular flexibility index (Phi) is 5.78. The highest BCUT2D eigenvalue weighted by atomic mass is 32.1. The Morgan fingerprint density at radius 3 is 2.73 bits per heavy atom. The summed E-state index contributed by atoms with van der Waals surface area (Å²) >= 11 is 1.47. The molecule has 0 atom stereocenters. The number of rotatable bonds is 7. The molecule has 2 aromatic carbocycles. The van der Waals surface area contributed by atoms with Crippen LogP contribution in [0.4, 0.5) is 5.13 Å². The van der Waals surface area contributed by atoms with Gasteiger partial charge >= 0.3 is 0 Å². The summed E-state index contributed by atoms with van der Waals surface area (Å²) in [6.45, 7) is 4.22. The van der Waals surface area contributed by atoms with E-state index in [-0.39, 0.29) is 19.1 Å². The number of anilines is 1. The van der Waals surface area contributed by atoms with Crippen molar-refractivity contribution in [3.8, 4) is 22.9 Å². The molecule has 0 aliphatic carbocycles. The fourth-order valence-corrected chi connectivity index (χ4v) is 4.47. The van der Waals surface area contributed by atoms with Crippen LogP contribution >= 0.6 is 11.3 Å². The minimum absolute atomic E-state index is 0.145. The van der Waals surface area contributed by atoms with Crippen LogP contribution in [0.15, 0.2) is 47.0 Å². The Balaban J connectivity index is 1.17. The standard InChI is InChI=1S/C24H22N4O4S/c1-14-3-6-17(7-4-14)23-27-22(32-28-23)10-9-21(29)26-24-25-15(2)20(33-24)12-16-5-8-18-19(11-16)31-13-30-18/h3-8,11H,9-10,12-13H2,1-2H3,(H,25,26,29). The van der Waals surface area contributed by atoms with Crippen molar-refractivity contribution in [1.29, 1.82) is 0 Å². The Morgan fingerprint density at radius 2 is 1.88 bits per heavy atom. The van der Waals surface area contributed by atoms with Gasteiger partial charge in [0.05, 0.1) is 5.69 Å². The van der Waals surface area contributed by atoms with Crippen molar-refractivity contribution >= 4 is 22.4 Å². The highest BCUT2D eigenvalue weighted by Crippen LogP contribution is 2.34. The molecule has 1 N–H and O–H groups in total. The average molecular weight is 463 g/mol. The first kappa shape index (κ1) is 21.1. The van der Waals surface area contributed by atoms with E-state index in [0.29, 0.717) is 29.7 Å². The zero-order valence-corrected chi connectivity index (χ0v) is 19.1. The summed E-state index contributed by atoms with van der Waals surface area (Å²) < 4.78 is 16.1. The molecule has 1 aliphatic heterocycles. The second-order valence-corrected chi connectivity index (χ2v) is 8.90. The van der Waals surface area contributed by atoms with Gasteiger partial charge in [0.1, 0.15) is 0 Å². The molecule has 4 aromatic rings. The normalized spacial score (nSPS) is 12.2. The number of benzene rings is 2. The molecule has 0 saturated carbocycles. The van der Waals surface area contributed by atoms with E-state index in [2.05, 4.69) is 20.4 Å². The minimum atomic E-state index is -0.145. The number of nitrogens with one attached hydrogen (secondary N) is 1. The summed E-state index contributed by atoms with van der Waals surface area (Å²) in [5.74, 6) is 2.33. The summed E-state index contributed by atoms with van der Waals surface area (Å²) in [7, 11) is 0. The van der Waals surface area contributed by atoms with E-state index in [1.165, 1.54) is 11.3 Å². The second kappa shape index (κ2) is 9.03. The lowest BCUT2D eigenvalue weighted by Gasteiger charge is -2.02. The number of hydrogen-bond donors (Lipinski definition) is 1. The maximum atomic E-state index is 12.4. The third-order valence-corrected chi connectivity index (χ3v) is 6.36. The Labute approximate surface area is 194 Å². The maximum absolute atomic E-state index is 12.4. The molecule has 1 amide bonds. The number of fused-ring (bicyclic) bond motifs is 1. The van der Waals surface area contributed by atoms with Crippen molar-refractivity contribution in [2.75, 3.05) is 12.1 Å². The topological polar surface area (TPSA) is 99.4 Å². The third kappa shape index (κ3) is 4.88. The molecular formula is C24H22N4O4S. The lowest BCUT2D eigenvalue weighted by molar-refractivity contribution is -0.116. The number of ether oxygens (including phenoxy) is 2. The van der Waals surface area contributed by atoms with Gasteiger partial charge in [0.2, 0.25) is 24.4 Å². The van der Waals surface area contributed by atoms with E-state index in [1.807, 2.05) is 56.3 Å². The van der Waals surface area contributed by atoms with Crippen LogP contribution in [0.2, 0.25) is 0 Å². The van der Waals surface area contributed by atoms with Crippen molar-refractivity contribution in [1.82, 2.24) is 15.1 Å². The van der Waals surface area contributed by atoms with Crippen molar-refractivity contribution in [3.63, 3.8) is 0 Å². The maximum Gasteiger partial charge on any atom is 0.231 e. The lowest BCUT2D eigenvalue weighted by Crippen LogP contribution is -2.12. The predicted molar refractivity (Wildman–Crippen MR) is 124 cm³/mol. The summed E-state index contributed by atoms with van der Waals surface area (Å²) in [5, 5.41) is 7.47. The van der Waals surface area contributed by atoms with Crippen molar-refractivity contribution in [2.24, 2.45) is 0 Å². The summed E-state index contributed by atoms with van der Waals surface area (Å²) in [6, 6.07) is 13.8. The smallest absolute Gasteiger partial charge is 0.231 e. The van der Waals surface area contributed by atoms with Gasteiger partial charge in [-0.25, -0.2) is 4.98 Å². The SMILES string of the molecule is Cc1ccc(-c2noc(CCC(=O)Nc3nc(C)c(Cc4ccc5c(c4)OCO5)s3)n2)cc1. The number of amides is 1. The molecule has 3 heterocycles. The Bertz CT molecular complexity index is 1300. The van der Waals surface area contributed by atoms with Crippen molar-refractivity contribution < 1.29 is 18.8 Å². The Morgan fingerprint density at radius 1 is 1.06 bits per heavy atom. The molecule has 0 saturated heterocycles. The quantitative estimate of drug-likeness (QED) is 0.425. The molecule has 2 aromatic heterocycles. The molecule has 5 rings (SSSR count). The summed E-state index contributed by atoms with van der Waals surface area (Å²) in [6.07, 6.45) is 1.30. The molecule has 9 heteroatoms. The lowest BCUT2D eigenvalue weighted by atomic mass is 10.1. The molecular weight excluding hydrogens is 440 g/mol. The van der Waals surface area contributed by atoms with Crippen LogP contribution in [-0.2, 0) is 17.6 Å². The number of aromatic nitrogens is 3. The molecule has 0 fully saturated rings. The first-order valence-corrected chi connectivity index (χ1v) is 11.4. The van der Waals surface area contributed by atoms with E-state index < -0.39 is 0 Å². The number of aryl methyl sites for hydroxylation is 3. The van der Waals surface area contributed by atoms with Crippen LogP contribution in [0.1, 0.15) is 34.0 Å². The number of thiazole rings is 1. The van der Waals surface area contributed by atoms with Crippen LogP contribution in [0, 0.1) is 13.8 Å². The molecule has 8 nitrogen and oxygen atoms in total.